The monoisotopic (exact) mass is 426 g/mol. The Labute approximate surface area is 177 Å². The number of amides is 2. The number of hydrogen-bond donors (Lipinski definition) is 2. The summed E-state index contributed by atoms with van der Waals surface area (Å²) in [5.41, 5.74) is 2.68. The Kier molecular flexibility index (Phi) is 5.60. The summed E-state index contributed by atoms with van der Waals surface area (Å²) < 4.78 is 1.91. The van der Waals surface area contributed by atoms with Gasteiger partial charge in [0.15, 0.2) is 0 Å². The number of anilines is 1. The molecule has 0 saturated carbocycles. The van der Waals surface area contributed by atoms with Gasteiger partial charge in [-0.15, -0.1) is 11.8 Å². The fraction of sp³-hybridized carbons (Fsp3) is 0.190. The van der Waals surface area contributed by atoms with E-state index in [1.165, 1.54) is 11.8 Å². The zero-order valence-electron chi connectivity index (χ0n) is 15.6. The number of aromatic nitrogens is 2. The Hall–Kier alpha value is -2.77. The van der Waals surface area contributed by atoms with Crippen LogP contribution in [-0.2, 0) is 9.59 Å². The molecular formula is C21H19ClN4O2S. The summed E-state index contributed by atoms with van der Waals surface area (Å²) in [6, 6.07) is 13.1. The van der Waals surface area contributed by atoms with Crippen LogP contribution in [-0.4, -0.2) is 26.6 Å². The van der Waals surface area contributed by atoms with Gasteiger partial charge in [-0.05, 0) is 42.8 Å². The van der Waals surface area contributed by atoms with Crippen molar-refractivity contribution in [3.63, 3.8) is 0 Å². The van der Waals surface area contributed by atoms with E-state index in [-0.39, 0.29) is 24.3 Å². The molecule has 2 heterocycles. The highest BCUT2D eigenvalue weighted by atomic mass is 35.5. The van der Waals surface area contributed by atoms with Crippen molar-refractivity contribution in [2.24, 2.45) is 0 Å². The predicted octanol–water partition coefficient (Wildman–Crippen LogP) is 4.21. The van der Waals surface area contributed by atoms with Crippen LogP contribution in [0.1, 0.15) is 24.9 Å². The van der Waals surface area contributed by atoms with Crippen molar-refractivity contribution in [1.82, 2.24) is 14.9 Å². The summed E-state index contributed by atoms with van der Waals surface area (Å²) in [6.07, 6.45) is 5.44. The van der Waals surface area contributed by atoms with Gasteiger partial charge in [-0.3, -0.25) is 9.59 Å². The van der Waals surface area contributed by atoms with E-state index in [2.05, 4.69) is 15.6 Å². The minimum absolute atomic E-state index is 0.107. The summed E-state index contributed by atoms with van der Waals surface area (Å²) >= 11 is 7.36. The van der Waals surface area contributed by atoms with Gasteiger partial charge in [-0.2, -0.15) is 0 Å². The maximum atomic E-state index is 12.5. The summed E-state index contributed by atoms with van der Waals surface area (Å²) in [6.45, 7) is 1.93. The Balaban J connectivity index is 1.37. The highest BCUT2D eigenvalue weighted by molar-refractivity contribution is 8.01. The first-order valence-electron chi connectivity index (χ1n) is 9.14. The highest BCUT2D eigenvalue weighted by Gasteiger charge is 2.29. The number of nitrogens with one attached hydrogen (secondary N) is 2. The molecule has 148 valence electrons. The van der Waals surface area contributed by atoms with Gasteiger partial charge in [0.2, 0.25) is 11.8 Å². The summed E-state index contributed by atoms with van der Waals surface area (Å²) in [4.78, 5) is 29.8. The van der Waals surface area contributed by atoms with Crippen molar-refractivity contribution in [1.29, 1.82) is 0 Å². The standard InChI is InChI=1S/C21H19ClN4O2S/c1-13(14-2-5-16(6-3-14)26-9-8-23-12-26)24-20(27)11-19-21(28)25-17-10-15(22)4-7-18(17)29-19/h2-10,12-13,19H,11H2,1H3,(H,24,27)(H,25,28)/t13-,19+/m1/s1. The molecule has 6 nitrogen and oxygen atoms in total. The molecule has 1 aromatic heterocycles. The summed E-state index contributed by atoms with van der Waals surface area (Å²) in [5, 5.41) is 5.90. The minimum Gasteiger partial charge on any atom is -0.350 e. The van der Waals surface area contributed by atoms with Crippen LogP contribution < -0.4 is 10.6 Å². The van der Waals surface area contributed by atoms with E-state index in [0.29, 0.717) is 10.7 Å². The minimum atomic E-state index is -0.473. The quantitative estimate of drug-likeness (QED) is 0.640. The van der Waals surface area contributed by atoms with E-state index in [4.69, 9.17) is 11.6 Å². The van der Waals surface area contributed by atoms with Gasteiger partial charge in [-0.25, -0.2) is 4.98 Å². The molecule has 4 rings (SSSR count). The number of carbonyl (C=O) groups excluding carboxylic acids is 2. The molecule has 29 heavy (non-hydrogen) atoms. The molecule has 2 amide bonds. The van der Waals surface area contributed by atoms with Gasteiger partial charge in [0.25, 0.3) is 0 Å². The number of carbonyl (C=O) groups is 2. The van der Waals surface area contributed by atoms with Gasteiger partial charge in [0.1, 0.15) is 0 Å². The molecule has 0 unspecified atom stereocenters. The zero-order chi connectivity index (χ0) is 20.4. The van der Waals surface area contributed by atoms with Crippen molar-refractivity contribution in [2.45, 2.75) is 29.5 Å². The van der Waals surface area contributed by atoms with Crippen LogP contribution in [0.25, 0.3) is 5.69 Å². The lowest BCUT2D eigenvalue weighted by Gasteiger charge is -2.24. The molecule has 0 spiro atoms. The highest BCUT2D eigenvalue weighted by Crippen LogP contribution is 2.38. The molecule has 2 aromatic carbocycles. The molecule has 1 aliphatic rings. The molecule has 0 saturated heterocycles. The van der Waals surface area contributed by atoms with Crippen LogP contribution in [0, 0.1) is 0 Å². The van der Waals surface area contributed by atoms with Crippen LogP contribution in [0.5, 0.6) is 0 Å². The number of thioether (sulfide) groups is 1. The van der Waals surface area contributed by atoms with Crippen LogP contribution in [0.2, 0.25) is 5.02 Å². The van der Waals surface area contributed by atoms with Gasteiger partial charge in [0.05, 0.1) is 23.3 Å². The Morgan fingerprint density at radius 2 is 2.10 bits per heavy atom. The molecule has 8 heteroatoms. The van der Waals surface area contributed by atoms with Crippen molar-refractivity contribution < 1.29 is 9.59 Å². The lowest BCUT2D eigenvalue weighted by Crippen LogP contribution is -2.35. The van der Waals surface area contributed by atoms with Gasteiger partial charge in [-0.1, -0.05) is 23.7 Å². The molecule has 0 fully saturated rings. The maximum Gasteiger partial charge on any atom is 0.238 e. The zero-order valence-corrected chi connectivity index (χ0v) is 17.2. The second kappa shape index (κ2) is 8.31. The van der Waals surface area contributed by atoms with Gasteiger partial charge < -0.3 is 15.2 Å². The number of halogens is 1. The molecule has 0 radical (unpaired) electrons. The summed E-state index contributed by atoms with van der Waals surface area (Å²) in [5.74, 6) is -0.349. The third-order valence-corrected chi connectivity index (χ3v) is 6.22. The van der Waals surface area contributed by atoms with Crippen molar-refractivity contribution in [3.05, 3.63) is 71.8 Å². The van der Waals surface area contributed by atoms with Gasteiger partial charge >= 0.3 is 0 Å². The molecule has 3 aromatic rings. The molecule has 2 N–H and O–H groups in total. The van der Waals surface area contributed by atoms with E-state index in [9.17, 15) is 9.59 Å². The lowest BCUT2D eigenvalue weighted by molar-refractivity contribution is -0.124. The molecule has 1 aliphatic heterocycles. The molecular weight excluding hydrogens is 408 g/mol. The van der Waals surface area contributed by atoms with Crippen LogP contribution in [0.3, 0.4) is 0 Å². The third kappa shape index (κ3) is 4.46. The van der Waals surface area contributed by atoms with Crippen molar-refractivity contribution in [3.8, 4) is 5.69 Å². The molecule has 0 aliphatic carbocycles. The Morgan fingerprint density at radius 1 is 1.31 bits per heavy atom. The van der Waals surface area contributed by atoms with Crippen molar-refractivity contribution in [2.75, 3.05) is 5.32 Å². The number of benzene rings is 2. The smallest absolute Gasteiger partial charge is 0.238 e. The largest absolute Gasteiger partial charge is 0.350 e. The first-order valence-corrected chi connectivity index (χ1v) is 10.4. The predicted molar refractivity (Wildman–Crippen MR) is 114 cm³/mol. The van der Waals surface area contributed by atoms with E-state index < -0.39 is 5.25 Å². The molecule has 0 bridgehead atoms. The first kappa shape index (κ1) is 19.5. The SMILES string of the molecule is C[C@@H](NC(=O)C[C@@H]1Sc2ccc(Cl)cc2NC1=O)c1ccc(-n2ccnc2)cc1. The van der Waals surface area contributed by atoms with E-state index >= 15 is 0 Å². The second-order valence-electron chi connectivity index (χ2n) is 6.79. The van der Waals surface area contributed by atoms with E-state index in [0.717, 1.165) is 16.1 Å². The Morgan fingerprint density at radius 3 is 2.83 bits per heavy atom. The summed E-state index contributed by atoms with van der Waals surface area (Å²) in [7, 11) is 0. The average Bonchev–Trinajstić information content (AvgIpc) is 3.23. The van der Waals surface area contributed by atoms with E-state index in [1.54, 1.807) is 24.7 Å². The number of fused-ring (bicyclic) bond motifs is 1. The van der Waals surface area contributed by atoms with E-state index in [1.807, 2.05) is 48.0 Å². The second-order valence-corrected chi connectivity index (χ2v) is 8.47. The van der Waals surface area contributed by atoms with Crippen LogP contribution in [0.15, 0.2) is 66.1 Å². The van der Waals surface area contributed by atoms with Crippen molar-refractivity contribution >= 4 is 40.9 Å². The lowest BCUT2D eigenvalue weighted by atomic mass is 10.1. The fourth-order valence-electron chi connectivity index (χ4n) is 3.16. The normalized spacial score (nSPS) is 16.6. The number of nitrogens with zero attached hydrogens (tertiary/aromatic N) is 2. The van der Waals surface area contributed by atoms with Crippen LogP contribution in [0.4, 0.5) is 5.69 Å². The topological polar surface area (TPSA) is 76.0 Å². The fourth-order valence-corrected chi connectivity index (χ4v) is 4.42. The van der Waals surface area contributed by atoms with Crippen LogP contribution >= 0.6 is 23.4 Å². The first-order chi connectivity index (χ1) is 14.0. The third-order valence-electron chi connectivity index (χ3n) is 4.71. The number of rotatable bonds is 5. The Bertz CT molecular complexity index is 1040. The van der Waals surface area contributed by atoms with Gasteiger partial charge in [0, 0.05) is 34.4 Å². The maximum absolute atomic E-state index is 12.5. The number of hydrogen-bond acceptors (Lipinski definition) is 4. The average molecular weight is 427 g/mol. The molecule has 2 atom stereocenters. The number of imidazole rings is 1.